The Balaban J connectivity index is 4.39. The van der Waals surface area contributed by atoms with E-state index in [0.29, 0.717) is 5.41 Å². The van der Waals surface area contributed by atoms with Crippen LogP contribution < -0.4 is 0 Å². The molecule has 1 unspecified atom stereocenters. The first kappa shape index (κ1) is 15.0. The van der Waals surface area contributed by atoms with Crippen LogP contribution in [0, 0.1) is 16.2 Å². The molecule has 0 amide bonds. The molecule has 1 heteroatoms. The summed E-state index contributed by atoms with van der Waals surface area (Å²) in [7, 11) is 0. The summed E-state index contributed by atoms with van der Waals surface area (Å²) in [5, 5.41) is 10.1. The molecule has 0 aliphatic rings. The molecule has 1 atom stereocenters. The number of aliphatic hydroxyl groups excluding tert-OH is 1. The fourth-order valence-corrected chi connectivity index (χ4v) is 2.34. The van der Waals surface area contributed by atoms with Crippen LogP contribution in [0.2, 0.25) is 0 Å². The minimum Gasteiger partial charge on any atom is -0.393 e. The maximum Gasteiger partial charge on any atom is 0.0593 e. The Labute approximate surface area is 96.3 Å². The van der Waals surface area contributed by atoms with Crippen molar-refractivity contribution in [1.29, 1.82) is 0 Å². The molecule has 0 aliphatic carbocycles. The molecule has 92 valence electrons. The van der Waals surface area contributed by atoms with E-state index in [9.17, 15) is 5.11 Å². The quantitative estimate of drug-likeness (QED) is 0.745. The molecular weight excluding hydrogens is 184 g/mol. The lowest BCUT2D eigenvalue weighted by Crippen LogP contribution is -2.33. The van der Waals surface area contributed by atoms with Gasteiger partial charge in [-0.2, -0.15) is 0 Å². The molecule has 0 saturated carbocycles. The second kappa shape index (κ2) is 4.45. The summed E-state index contributed by atoms with van der Waals surface area (Å²) in [6.45, 7) is 17.6. The molecule has 0 aromatic heterocycles. The summed E-state index contributed by atoms with van der Waals surface area (Å²) in [5.41, 5.74) is 0.543. The lowest BCUT2D eigenvalue weighted by atomic mass is 9.70. The summed E-state index contributed by atoms with van der Waals surface area (Å²) in [6, 6.07) is 0. The monoisotopic (exact) mass is 214 g/mol. The van der Waals surface area contributed by atoms with E-state index < -0.39 is 0 Å². The average molecular weight is 214 g/mol. The fourth-order valence-electron chi connectivity index (χ4n) is 2.34. The molecule has 0 heterocycles. The molecule has 0 rings (SSSR count). The Morgan fingerprint density at radius 3 is 1.53 bits per heavy atom. The highest BCUT2D eigenvalue weighted by atomic mass is 16.3. The molecule has 0 bridgehead atoms. The Bertz CT molecular complexity index is 190. The largest absolute Gasteiger partial charge is 0.393 e. The van der Waals surface area contributed by atoms with Crippen LogP contribution in [-0.2, 0) is 0 Å². The van der Waals surface area contributed by atoms with Gasteiger partial charge in [-0.3, -0.25) is 0 Å². The van der Waals surface area contributed by atoms with Gasteiger partial charge < -0.3 is 5.11 Å². The number of aliphatic hydroxyl groups is 1. The third-order valence-electron chi connectivity index (χ3n) is 2.75. The van der Waals surface area contributed by atoms with Gasteiger partial charge in [-0.25, -0.2) is 0 Å². The van der Waals surface area contributed by atoms with Crippen molar-refractivity contribution in [1.82, 2.24) is 0 Å². The number of rotatable bonds is 3. The molecule has 0 aliphatic heterocycles. The van der Waals surface area contributed by atoms with E-state index in [-0.39, 0.29) is 16.9 Å². The Hall–Kier alpha value is -0.0400. The highest BCUT2D eigenvalue weighted by Crippen LogP contribution is 2.39. The van der Waals surface area contributed by atoms with Crippen LogP contribution in [0.15, 0.2) is 0 Å². The Kier molecular flexibility index (Phi) is 4.44. The molecule has 15 heavy (non-hydrogen) atoms. The maximum absolute atomic E-state index is 10.1. The summed E-state index contributed by atoms with van der Waals surface area (Å²) >= 11 is 0. The SMILES string of the molecule is CC(C)(C)CC(C)(C)CC(O)C(C)(C)C. The van der Waals surface area contributed by atoms with Crippen LogP contribution in [0.1, 0.15) is 68.2 Å². The number of hydrogen-bond acceptors (Lipinski definition) is 1. The highest BCUT2D eigenvalue weighted by molar-refractivity contribution is 4.83. The van der Waals surface area contributed by atoms with E-state index in [2.05, 4.69) is 55.4 Å². The topological polar surface area (TPSA) is 20.2 Å². The normalized spacial score (nSPS) is 16.6. The summed E-state index contributed by atoms with van der Waals surface area (Å²) in [5.74, 6) is 0. The van der Waals surface area contributed by atoms with E-state index in [0.717, 1.165) is 12.8 Å². The highest BCUT2D eigenvalue weighted by Gasteiger charge is 2.32. The van der Waals surface area contributed by atoms with Crippen LogP contribution in [-0.4, -0.2) is 11.2 Å². The van der Waals surface area contributed by atoms with Crippen molar-refractivity contribution in [3.05, 3.63) is 0 Å². The van der Waals surface area contributed by atoms with Crippen LogP contribution in [0.4, 0.5) is 0 Å². The first-order valence-corrected chi connectivity index (χ1v) is 6.02. The van der Waals surface area contributed by atoms with Crippen molar-refractivity contribution in [2.75, 3.05) is 0 Å². The molecule has 1 nitrogen and oxygen atoms in total. The molecule has 0 aromatic carbocycles. The van der Waals surface area contributed by atoms with Gasteiger partial charge in [-0.05, 0) is 29.1 Å². The first-order valence-electron chi connectivity index (χ1n) is 6.02. The van der Waals surface area contributed by atoms with E-state index >= 15 is 0 Å². The second-order valence-electron chi connectivity index (χ2n) is 7.99. The summed E-state index contributed by atoms with van der Waals surface area (Å²) in [4.78, 5) is 0. The van der Waals surface area contributed by atoms with Crippen LogP contribution in [0.5, 0.6) is 0 Å². The van der Waals surface area contributed by atoms with Gasteiger partial charge in [0, 0.05) is 0 Å². The molecule has 0 saturated heterocycles. The molecule has 0 spiro atoms. The zero-order valence-corrected chi connectivity index (χ0v) is 11.9. The third-order valence-corrected chi connectivity index (χ3v) is 2.75. The predicted molar refractivity (Wildman–Crippen MR) is 67.9 cm³/mol. The second-order valence-corrected chi connectivity index (χ2v) is 7.99. The van der Waals surface area contributed by atoms with Gasteiger partial charge in [0.2, 0.25) is 0 Å². The van der Waals surface area contributed by atoms with E-state index in [1.807, 2.05) is 0 Å². The first-order chi connectivity index (χ1) is 6.33. The fraction of sp³-hybridized carbons (Fsp3) is 1.00. The van der Waals surface area contributed by atoms with Gasteiger partial charge >= 0.3 is 0 Å². The van der Waals surface area contributed by atoms with Crippen molar-refractivity contribution >= 4 is 0 Å². The lowest BCUT2D eigenvalue weighted by Gasteiger charge is -2.37. The lowest BCUT2D eigenvalue weighted by molar-refractivity contribution is 0.0138. The van der Waals surface area contributed by atoms with E-state index in [1.54, 1.807) is 0 Å². The van der Waals surface area contributed by atoms with Gasteiger partial charge in [0.1, 0.15) is 0 Å². The number of hydrogen-bond donors (Lipinski definition) is 1. The van der Waals surface area contributed by atoms with Crippen molar-refractivity contribution in [3.63, 3.8) is 0 Å². The molecule has 0 aromatic rings. The molecule has 0 radical (unpaired) electrons. The summed E-state index contributed by atoms with van der Waals surface area (Å²) in [6.07, 6.45) is 1.82. The van der Waals surface area contributed by atoms with Crippen LogP contribution in [0.3, 0.4) is 0 Å². The minimum atomic E-state index is -0.213. The van der Waals surface area contributed by atoms with Gasteiger partial charge in [0.05, 0.1) is 6.10 Å². The minimum absolute atomic E-state index is 0.00481. The van der Waals surface area contributed by atoms with Gasteiger partial charge in [0.15, 0.2) is 0 Å². The van der Waals surface area contributed by atoms with Crippen LogP contribution in [0.25, 0.3) is 0 Å². The smallest absolute Gasteiger partial charge is 0.0593 e. The van der Waals surface area contributed by atoms with Crippen molar-refractivity contribution in [3.8, 4) is 0 Å². The van der Waals surface area contributed by atoms with E-state index in [4.69, 9.17) is 0 Å². The third kappa shape index (κ3) is 6.94. The predicted octanol–water partition coefficient (Wildman–Crippen LogP) is 4.25. The molecular formula is C14H30O. The molecule has 1 N–H and O–H groups in total. The van der Waals surface area contributed by atoms with Crippen LogP contribution >= 0.6 is 0 Å². The van der Waals surface area contributed by atoms with Crippen molar-refractivity contribution < 1.29 is 5.11 Å². The van der Waals surface area contributed by atoms with Crippen molar-refractivity contribution in [2.45, 2.75) is 74.3 Å². The standard InChI is InChI=1S/C14H30O/c1-12(2,3)10-14(7,8)9-11(15)13(4,5)6/h11,15H,9-10H2,1-8H3. The zero-order chi connectivity index (χ0) is 12.5. The maximum atomic E-state index is 10.1. The Morgan fingerprint density at radius 2 is 1.27 bits per heavy atom. The zero-order valence-electron chi connectivity index (χ0n) is 11.9. The van der Waals surface area contributed by atoms with Gasteiger partial charge in [0.25, 0.3) is 0 Å². The average Bonchev–Trinajstić information content (AvgIpc) is 1.76. The van der Waals surface area contributed by atoms with Gasteiger partial charge in [-0.15, -0.1) is 0 Å². The van der Waals surface area contributed by atoms with Gasteiger partial charge in [-0.1, -0.05) is 55.4 Å². The Morgan fingerprint density at radius 1 is 0.867 bits per heavy atom. The molecule has 0 fully saturated rings. The van der Waals surface area contributed by atoms with E-state index in [1.165, 1.54) is 0 Å². The van der Waals surface area contributed by atoms with Crippen molar-refractivity contribution in [2.24, 2.45) is 16.2 Å². The summed E-state index contributed by atoms with van der Waals surface area (Å²) < 4.78 is 0.